The highest BCUT2D eigenvalue weighted by Gasteiger charge is 2.37. The Balaban J connectivity index is 1.61. The molecule has 0 amide bonds. The number of hydrogen-bond acceptors (Lipinski definition) is 3. The molecule has 0 radical (unpaired) electrons. The summed E-state index contributed by atoms with van der Waals surface area (Å²) in [5.74, 6) is 0. The molecule has 3 saturated heterocycles. The third-order valence-corrected chi connectivity index (χ3v) is 4.51. The Morgan fingerprint density at radius 2 is 1.80 bits per heavy atom. The Bertz CT molecular complexity index is 216. The van der Waals surface area contributed by atoms with Gasteiger partial charge < -0.3 is 10.1 Å². The molecule has 3 rings (SSSR count). The summed E-state index contributed by atoms with van der Waals surface area (Å²) in [6.45, 7) is 1.92. The minimum atomic E-state index is 0.687. The van der Waals surface area contributed by atoms with E-state index in [1.54, 1.807) is 0 Å². The van der Waals surface area contributed by atoms with Gasteiger partial charge in [-0.25, -0.2) is 0 Å². The van der Waals surface area contributed by atoms with Crippen LogP contribution in [-0.4, -0.2) is 49.3 Å². The van der Waals surface area contributed by atoms with Gasteiger partial charge in [-0.15, -0.1) is 0 Å². The molecule has 15 heavy (non-hydrogen) atoms. The molecule has 1 N–H and O–H groups in total. The summed E-state index contributed by atoms with van der Waals surface area (Å²) in [6, 6.07) is 3.10. The molecule has 3 heterocycles. The lowest BCUT2D eigenvalue weighted by Crippen LogP contribution is -2.50. The molecule has 0 spiro atoms. The fourth-order valence-electron chi connectivity index (χ4n) is 3.50. The van der Waals surface area contributed by atoms with Crippen LogP contribution in [0.1, 0.15) is 32.1 Å². The summed E-state index contributed by atoms with van der Waals surface area (Å²) in [4.78, 5) is 2.60. The average molecular weight is 210 g/mol. The van der Waals surface area contributed by atoms with Crippen molar-refractivity contribution in [1.82, 2.24) is 10.2 Å². The monoisotopic (exact) mass is 210 g/mol. The number of nitrogens with one attached hydrogen (secondary N) is 1. The lowest BCUT2D eigenvalue weighted by atomic mass is 9.97. The van der Waals surface area contributed by atoms with Crippen molar-refractivity contribution in [2.45, 2.75) is 56.3 Å². The maximum atomic E-state index is 5.48. The van der Waals surface area contributed by atoms with E-state index in [-0.39, 0.29) is 0 Å². The Morgan fingerprint density at radius 1 is 1.07 bits per heavy atom. The SMILES string of the molecule is CN(C1CCOC1)C1CC2CCC(C1)N2. The Kier molecular flexibility index (Phi) is 2.71. The summed E-state index contributed by atoms with van der Waals surface area (Å²) < 4.78 is 5.48. The van der Waals surface area contributed by atoms with Gasteiger partial charge in [-0.2, -0.15) is 0 Å². The first-order valence-corrected chi connectivity index (χ1v) is 6.38. The second-order valence-corrected chi connectivity index (χ2v) is 5.45. The predicted octanol–water partition coefficient (Wildman–Crippen LogP) is 0.990. The first kappa shape index (κ1) is 10.1. The molecule has 3 fully saturated rings. The molecular formula is C12H22N2O. The number of hydrogen-bond donors (Lipinski definition) is 1. The van der Waals surface area contributed by atoms with Crippen LogP contribution in [0.15, 0.2) is 0 Å². The van der Waals surface area contributed by atoms with E-state index in [9.17, 15) is 0 Å². The Labute approximate surface area is 92.2 Å². The van der Waals surface area contributed by atoms with Crippen LogP contribution in [0, 0.1) is 0 Å². The Hall–Kier alpha value is -0.120. The van der Waals surface area contributed by atoms with Gasteiger partial charge in [0.2, 0.25) is 0 Å². The lowest BCUT2D eigenvalue weighted by Gasteiger charge is -2.38. The average Bonchev–Trinajstić information content (AvgIpc) is 2.87. The molecule has 0 saturated carbocycles. The minimum Gasteiger partial charge on any atom is -0.380 e. The smallest absolute Gasteiger partial charge is 0.0622 e. The molecule has 0 aliphatic carbocycles. The molecule has 0 aromatic rings. The predicted molar refractivity (Wildman–Crippen MR) is 60.0 cm³/mol. The second kappa shape index (κ2) is 4.04. The van der Waals surface area contributed by atoms with Crippen molar-refractivity contribution in [2.24, 2.45) is 0 Å². The van der Waals surface area contributed by atoms with Crippen molar-refractivity contribution in [3.63, 3.8) is 0 Å². The fraction of sp³-hybridized carbons (Fsp3) is 1.00. The van der Waals surface area contributed by atoms with E-state index >= 15 is 0 Å². The first-order valence-electron chi connectivity index (χ1n) is 6.38. The van der Waals surface area contributed by atoms with Crippen molar-refractivity contribution in [1.29, 1.82) is 0 Å². The molecule has 0 aromatic heterocycles. The molecule has 3 nitrogen and oxygen atoms in total. The van der Waals surface area contributed by atoms with E-state index in [0.717, 1.165) is 31.3 Å². The zero-order valence-electron chi connectivity index (χ0n) is 9.61. The van der Waals surface area contributed by atoms with Gasteiger partial charge in [0.15, 0.2) is 0 Å². The van der Waals surface area contributed by atoms with Gasteiger partial charge in [0.05, 0.1) is 6.61 Å². The molecular weight excluding hydrogens is 188 g/mol. The van der Waals surface area contributed by atoms with Crippen molar-refractivity contribution in [3.05, 3.63) is 0 Å². The highest BCUT2D eigenvalue weighted by atomic mass is 16.5. The van der Waals surface area contributed by atoms with E-state index in [4.69, 9.17) is 4.74 Å². The van der Waals surface area contributed by atoms with Crippen LogP contribution in [0.2, 0.25) is 0 Å². The topological polar surface area (TPSA) is 24.5 Å². The molecule has 0 aromatic carbocycles. The van der Waals surface area contributed by atoms with Gasteiger partial charge in [-0.1, -0.05) is 0 Å². The van der Waals surface area contributed by atoms with E-state index in [1.807, 2.05) is 0 Å². The van der Waals surface area contributed by atoms with Crippen LogP contribution < -0.4 is 5.32 Å². The van der Waals surface area contributed by atoms with E-state index < -0.39 is 0 Å². The van der Waals surface area contributed by atoms with E-state index in [1.165, 1.54) is 32.1 Å². The number of piperidine rings is 1. The van der Waals surface area contributed by atoms with Crippen molar-refractivity contribution in [3.8, 4) is 0 Å². The van der Waals surface area contributed by atoms with Gasteiger partial charge >= 0.3 is 0 Å². The summed E-state index contributed by atoms with van der Waals surface area (Å²) in [7, 11) is 2.30. The van der Waals surface area contributed by atoms with Crippen molar-refractivity contribution < 1.29 is 4.74 Å². The van der Waals surface area contributed by atoms with Gasteiger partial charge in [-0.05, 0) is 39.2 Å². The first-order chi connectivity index (χ1) is 7.33. The molecule has 3 heteroatoms. The zero-order chi connectivity index (χ0) is 10.3. The van der Waals surface area contributed by atoms with Crippen LogP contribution >= 0.6 is 0 Å². The summed E-state index contributed by atoms with van der Waals surface area (Å²) in [6.07, 6.45) is 6.73. The highest BCUT2D eigenvalue weighted by molar-refractivity contribution is 4.96. The Morgan fingerprint density at radius 3 is 2.40 bits per heavy atom. The number of fused-ring (bicyclic) bond motifs is 2. The standard InChI is InChI=1S/C12H22N2O/c1-14(11-4-5-15-8-11)12-6-9-2-3-10(7-12)13-9/h9-13H,2-8H2,1H3. The second-order valence-electron chi connectivity index (χ2n) is 5.45. The van der Waals surface area contributed by atoms with Crippen LogP contribution in [-0.2, 0) is 4.74 Å². The van der Waals surface area contributed by atoms with Gasteiger partial charge in [-0.3, -0.25) is 4.90 Å². The lowest BCUT2D eigenvalue weighted by molar-refractivity contribution is 0.105. The summed E-state index contributed by atoms with van der Waals surface area (Å²) in [5, 5.41) is 3.71. The molecule has 3 aliphatic heterocycles. The fourth-order valence-corrected chi connectivity index (χ4v) is 3.50. The minimum absolute atomic E-state index is 0.687. The maximum absolute atomic E-state index is 5.48. The summed E-state index contributed by atoms with van der Waals surface area (Å²) >= 11 is 0. The molecule has 3 atom stereocenters. The van der Waals surface area contributed by atoms with Gasteiger partial charge in [0.25, 0.3) is 0 Å². The molecule has 86 valence electrons. The molecule has 2 bridgehead atoms. The largest absolute Gasteiger partial charge is 0.380 e. The molecule has 3 unspecified atom stereocenters. The number of rotatable bonds is 2. The van der Waals surface area contributed by atoms with E-state index in [2.05, 4.69) is 17.3 Å². The van der Waals surface area contributed by atoms with Crippen LogP contribution in [0.25, 0.3) is 0 Å². The maximum Gasteiger partial charge on any atom is 0.0622 e. The third-order valence-electron chi connectivity index (χ3n) is 4.51. The quantitative estimate of drug-likeness (QED) is 0.735. The number of nitrogens with zero attached hydrogens (tertiary/aromatic N) is 1. The van der Waals surface area contributed by atoms with Crippen molar-refractivity contribution >= 4 is 0 Å². The number of ether oxygens (including phenoxy) is 1. The summed E-state index contributed by atoms with van der Waals surface area (Å²) in [5.41, 5.74) is 0. The van der Waals surface area contributed by atoms with E-state index in [0.29, 0.717) is 6.04 Å². The number of likely N-dealkylation sites (N-methyl/N-ethyl adjacent to an activating group) is 1. The van der Waals surface area contributed by atoms with Crippen LogP contribution in [0.3, 0.4) is 0 Å². The zero-order valence-corrected chi connectivity index (χ0v) is 9.61. The van der Waals surface area contributed by atoms with Gasteiger partial charge in [0.1, 0.15) is 0 Å². The highest BCUT2D eigenvalue weighted by Crippen LogP contribution is 2.30. The molecule has 3 aliphatic rings. The van der Waals surface area contributed by atoms with Crippen LogP contribution in [0.5, 0.6) is 0 Å². The normalized spacial score (nSPS) is 45.2. The third kappa shape index (κ3) is 1.93. The van der Waals surface area contributed by atoms with Crippen LogP contribution in [0.4, 0.5) is 0 Å². The van der Waals surface area contributed by atoms with Crippen molar-refractivity contribution in [2.75, 3.05) is 20.3 Å². The van der Waals surface area contributed by atoms with Gasteiger partial charge in [0, 0.05) is 30.8 Å².